The number of ether oxygens (including phenoxy) is 1. The average molecular weight is 398 g/mol. The molecule has 3 N–H and O–H groups in total. The molecule has 0 saturated carbocycles. The van der Waals surface area contributed by atoms with E-state index in [2.05, 4.69) is 16.9 Å². The topological polar surface area (TPSA) is 120 Å². The van der Waals surface area contributed by atoms with Gasteiger partial charge in [0.25, 0.3) is 5.69 Å². The molecule has 8 nitrogen and oxygen atoms in total. The number of nitro benzene ring substituents is 1. The highest BCUT2D eigenvalue weighted by Gasteiger charge is 2.25. The highest BCUT2D eigenvalue weighted by Crippen LogP contribution is 2.31. The van der Waals surface area contributed by atoms with Crippen molar-refractivity contribution in [2.24, 2.45) is 5.92 Å². The van der Waals surface area contributed by atoms with Gasteiger partial charge in [0.2, 0.25) is 0 Å². The van der Waals surface area contributed by atoms with Gasteiger partial charge >= 0.3 is 6.09 Å². The van der Waals surface area contributed by atoms with Crippen LogP contribution in [0.3, 0.4) is 0 Å². The van der Waals surface area contributed by atoms with Gasteiger partial charge < -0.3 is 15.8 Å². The van der Waals surface area contributed by atoms with Crippen LogP contribution >= 0.6 is 0 Å². The molecule has 0 radical (unpaired) electrons. The van der Waals surface area contributed by atoms with Crippen molar-refractivity contribution in [2.45, 2.75) is 39.3 Å². The summed E-state index contributed by atoms with van der Waals surface area (Å²) in [6, 6.07) is 7.39. The number of carbonyl (C=O) groups excluding carboxylic acids is 1. The number of benzene rings is 1. The lowest BCUT2D eigenvalue weighted by atomic mass is 9.95. The van der Waals surface area contributed by atoms with E-state index in [9.17, 15) is 14.9 Å². The first-order valence-electron chi connectivity index (χ1n) is 9.14. The molecule has 1 aromatic heterocycles. The Morgan fingerprint density at radius 1 is 1.34 bits per heavy atom. The zero-order valence-electron chi connectivity index (χ0n) is 17.0. The average Bonchev–Trinajstić information content (AvgIpc) is 2.64. The summed E-state index contributed by atoms with van der Waals surface area (Å²) in [6.45, 7) is 11.1. The molecule has 0 saturated heterocycles. The number of anilines is 1. The lowest BCUT2D eigenvalue weighted by Gasteiger charge is -2.26. The van der Waals surface area contributed by atoms with Crippen molar-refractivity contribution >= 4 is 17.5 Å². The smallest absolute Gasteiger partial charge is 0.408 e. The number of aromatic nitrogens is 1. The summed E-state index contributed by atoms with van der Waals surface area (Å²) >= 11 is 0. The van der Waals surface area contributed by atoms with Crippen LogP contribution in [0.25, 0.3) is 11.1 Å². The van der Waals surface area contributed by atoms with Gasteiger partial charge in [-0.1, -0.05) is 13.0 Å². The molecule has 0 aliphatic rings. The second kappa shape index (κ2) is 8.72. The van der Waals surface area contributed by atoms with Gasteiger partial charge in [0, 0.05) is 29.6 Å². The monoisotopic (exact) mass is 398 g/mol. The molecule has 1 heterocycles. The molecule has 0 fully saturated rings. The van der Waals surface area contributed by atoms with E-state index in [0.29, 0.717) is 11.3 Å². The molecule has 1 aromatic carbocycles. The molecule has 2 aromatic rings. The van der Waals surface area contributed by atoms with Crippen molar-refractivity contribution in [2.75, 3.05) is 5.73 Å². The quantitative estimate of drug-likeness (QED) is 0.317. The summed E-state index contributed by atoms with van der Waals surface area (Å²) in [5.74, 6) is -0.125. The Kier molecular flexibility index (Phi) is 6.58. The van der Waals surface area contributed by atoms with E-state index in [4.69, 9.17) is 10.5 Å². The highest BCUT2D eigenvalue weighted by molar-refractivity contribution is 5.78. The zero-order valence-corrected chi connectivity index (χ0v) is 17.0. The Morgan fingerprint density at radius 3 is 2.59 bits per heavy atom. The fraction of sp³-hybridized carbons (Fsp3) is 0.333. The summed E-state index contributed by atoms with van der Waals surface area (Å²) < 4.78 is 5.36. The molecule has 0 bridgehead atoms. The largest absolute Gasteiger partial charge is 0.444 e. The van der Waals surface area contributed by atoms with E-state index in [-0.39, 0.29) is 17.3 Å². The van der Waals surface area contributed by atoms with Gasteiger partial charge in [-0.2, -0.15) is 0 Å². The number of nitrogen functional groups attached to an aromatic ring is 1. The van der Waals surface area contributed by atoms with Gasteiger partial charge in [0.1, 0.15) is 5.60 Å². The standard InChI is InChI=1S/C21H26N4O4/c1-6-13(2)19(24-20(26)29-21(3,4)5)18-11-14(9-10-23-18)16-8-7-15(25(27)28)12-17(16)22/h6-13,19H,1,22H2,2-5H3,(H,24,26)/t13-,19+/m1/s1. The molecule has 2 atom stereocenters. The first kappa shape index (κ1) is 21.9. The highest BCUT2D eigenvalue weighted by atomic mass is 16.6. The minimum Gasteiger partial charge on any atom is -0.444 e. The molecule has 0 unspecified atom stereocenters. The van der Waals surface area contributed by atoms with Crippen LogP contribution in [0, 0.1) is 16.0 Å². The van der Waals surface area contributed by atoms with Gasteiger partial charge in [-0.25, -0.2) is 4.79 Å². The first-order chi connectivity index (χ1) is 13.5. The van der Waals surface area contributed by atoms with Crippen molar-refractivity contribution in [3.05, 3.63) is 65.0 Å². The van der Waals surface area contributed by atoms with Crippen molar-refractivity contribution in [1.82, 2.24) is 10.3 Å². The lowest BCUT2D eigenvalue weighted by molar-refractivity contribution is -0.384. The molecule has 0 aliphatic heterocycles. The maximum absolute atomic E-state index is 12.3. The summed E-state index contributed by atoms with van der Waals surface area (Å²) in [4.78, 5) is 27.1. The summed E-state index contributed by atoms with van der Waals surface area (Å²) in [7, 11) is 0. The molecule has 2 rings (SSSR count). The third-order valence-electron chi connectivity index (χ3n) is 4.23. The van der Waals surface area contributed by atoms with E-state index in [1.807, 2.05) is 6.92 Å². The Balaban J connectivity index is 2.38. The number of pyridine rings is 1. The summed E-state index contributed by atoms with van der Waals surface area (Å²) in [6.07, 6.45) is 2.76. The number of rotatable bonds is 6. The second-order valence-corrected chi connectivity index (χ2v) is 7.72. The van der Waals surface area contributed by atoms with Crippen LogP contribution in [0.5, 0.6) is 0 Å². The Hall–Kier alpha value is -3.42. The maximum Gasteiger partial charge on any atom is 0.408 e. The van der Waals surface area contributed by atoms with Gasteiger partial charge in [-0.15, -0.1) is 6.58 Å². The normalized spacial score (nSPS) is 13.2. The van der Waals surface area contributed by atoms with E-state index in [1.165, 1.54) is 12.1 Å². The number of nitrogens with zero attached hydrogens (tertiary/aromatic N) is 2. The summed E-state index contributed by atoms with van der Waals surface area (Å²) in [5, 5.41) is 13.8. The number of alkyl carbamates (subject to hydrolysis) is 1. The van der Waals surface area contributed by atoms with Crippen LogP contribution in [0.4, 0.5) is 16.2 Å². The number of nitrogens with one attached hydrogen (secondary N) is 1. The number of nitrogens with two attached hydrogens (primary N) is 1. The van der Waals surface area contributed by atoms with E-state index >= 15 is 0 Å². The molecule has 154 valence electrons. The van der Waals surface area contributed by atoms with Crippen LogP contribution in [0.15, 0.2) is 49.2 Å². The molecule has 29 heavy (non-hydrogen) atoms. The van der Waals surface area contributed by atoms with Crippen molar-refractivity contribution in [1.29, 1.82) is 0 Å². The lowest BCUT2D eigenvalue weighted by Crippen LogP contribution is -2.37. The Morgan fingerprint density at radius 2 is 2.03 bits per heavy atom. The Bertz CT molecular complexity index is 921. The molecular weight excluding hydrogens is 372 g/mol. The fourth-order valence-corrected chi connectivity index (χ4v) is 2.76. The van der Waals surface area contributed by atoms with Gasteiger partial charge in [0.15, 0.2) is 0 Å². The van der Waals surface area contributed by atoms with Crippen molar-refractivity contribution in [3.8, 4) is 11.1 Å². The van der Waals surface area contributed by atoms with Gasteiger partial charge in [-0.3, -0.25) is 15.1 Å². The molecular formula is C21H26N4O4. The molecule has 0 aliphatic carbocycles. The Labute approximate surface area is 169 Å². The van der Waals surface area contributed by atoms with E-state index < -0.39 is 22.7 Å². The van der Waals surface area contributed by atoms with E-state index in [0.717, 1.165) is 5.56 Å². The number of hydrogen-bond acceptors (Lipinski definition) is 6. The molecule has 8 heteroatoms. The first-order valence-corrected chi connectivity index (χ1v) is 9.14. The van der Waals surface area contributed by atoms with Crippen LogP contribution in [0.1, 0.15) is 39.4 Å². The predicted molar refractivity (Wildman–Crippen MR) is 112 cm³/mol. The number of nitro groups is 1. The van der Waals surface area contributed by atoms with Crippen molar-refractivity contribution < 1.29 is 14.5 Å². The van der Waals surface area contributed by atoms with Crippen LogP contribution in [0.2, 0.25) is 0 Å². The van der Waals surface area contributed by atoms with Crippen LogP contribution in [-0.2, 0) is 4.74 Å². The van der Waals surface area contributed by atoms with Gasteiger partial charge in [-0.05, 0) is 50.5 Å². The molecule has 0 spiro atoms. The van der Waals surface area contributed by atoms with Gasteiger partial charge in [0.05, 0.1) is 16.7 Å². The van der Waals surface area contributed by atoms with Crippen LogP contribution in [-0.4, -0.2) is 21.6 Å². The number of amides is 1. The fourth-order valence-electron chi connectivity index (χ4n) is 2.76. The second-order valence-electron chi connectivity index (χ2n) is 7.72. The third kappa shape index (κ3) is 5.78. The van der Waals surface area contributed by atoms with Crippen LogP contribution < -0.4 is 11.1 Å². The SMILES string of the molecule is C=C[C@@H](C)[C@H](NC(=O)OC(C)(C)C)c1cc(-c2ccc([N+](=O)[O-])cc2N)ccn1. The number of hydrogen-bond donors (Lipinski definition) is 2. The minimum atomic E-state index is -0.630. The zero-order chi connectivity index (χ0) is 21.8. The number of carbonyl (C=O) groups is 1. The van der Waals surface area contributed by atoms with Crippen molar-refractivity contribution in [3.63, 3.8) is 0 Å². The maximum atomic E-state index is 12.3. The predicted octanol–water partition coefficient (Wildman–Crippen LogP) is 4.63. The number of non-ortho nitro benzene ring substituents is 1. The third-order valence-corrected chi connectivity index (χ3v) is 4.23. The minimum absolute atomic E-state index is 0.0784. The summed E-state index contributed by atoms with van der Waals surface area (Å²) in [5.41, 5.74) is 7.56. The molecule has 1 amide bonds. The van der Waals surface area contributed by atoms with E-state index in [1.54, 1.807) is 51.2 Å².